The molecule has 0 bridgehead atoms. The second kappa shape index (κ2) is 13.3. The molecule has 3 aliphatic rings. The van der Waals surface area contributed by atoms with Crippen molar-refractivity contribution >= 4 is 56.2 Å². The van der Waals surface area contributed by atoms with E-state index in [0.717, 1.165) is 24.1 Å². The number of rotatable bonds is 6. The zero-order valence-corrected chi connectivity index (χ0v) is 28.8. The maximum Gasteiger partial charge on any atom is -0.147 e. The van der Waals surface area contributed by atoms with E-state index >= 15 is 0 Å². The summed E-state index contributed by atoms with van der Waals surface area (Å²) in [6.45, 7) is 2.14. The second-order valence-electron chi connectivity index (χ2n) is 11.4. The Hall–Kier alpha value is -3.18. The van der Waals surface area contributed by atoms with Crippen molar-refractivity contribution in [3.05, 3.63) is 165 Å². The molecule has 6 heteroatoms. The Labute approximate surface area is 292 Å². The van der Waals surface area contributed by atoms with Crippen molar-refractivity contribution in [1.82, 2.24) is 9.97 Å². The largest absolute Gasteiger partial charge is 0.147 e. The number of aromatic nitrogens is 2. The van der Waals surface area contributed by atoms with Gasteiger partial charge in [-0.2, -0.15) is 0 Å². The summed E-state index contributed by atoms with van der Waals surface area (Å²) >= 11 is 3.75. The predicted octanol–water partition coefficient (Wildman–Crippen LogP) is 9.27. The minimum atomic E-state index is 0. The number of fused-ring (bicyclic) bond motifs is 5. The molecule has 223 valence electrons. The molecule has 2 unspecified atom stereocenters. The molecule has 0 aliphatic heterocycles. The number of nitrogens with zero attached hydrogens (tertiary/aromatic N) is 2. The van der Waals surface area contributed by atoms with Crippen LogP contribution < -0.4 is 4.43 Å². The fourth-order valence-corrected chi connectivity index (χ4v) is 9.78. The zero-order valence-electron chi connectivity index (χ0n) is 24.6. The SMILES string of the molecule is Cc1nc2ccccc2cc1C1=CC=CC2C1=[C]([Cr])c1[c]([Cr][C]3=Cc4ccccc4C3CCc3ccccn3)cccc12.Cl.Cl. The molecule has 0 spiro atoms. The molecule has 2 atom stereocenters. The predicted molar refractivity (Wildman–Crippen MR) is 184 cm³/mol. The monoisotopic (exact) mass is 701 g/mol. The number of aryl methyl sites for hydroxylation is 2. The van der Waals surface area contributed by atoms with Gasteiger partial charge in [-0.1, -0.05) is 0 Å². The van der Waals surface area contributed by atoms with Crippen LogP contribution in [0.4, 0.5) is 0 Å². The van der Waals surface area contributed by atoms with E-state index in [1.807, 2.05) is 12.3 Å². The Bertz CT molecular complexity index is 2050. The summed E-state index contributed by atoms with van der Waals surface area (Å²) in [5.74, 6) is 0.680. The molecule has 2 heterocycles. The molecule has 0 fully saturated rings. The molecular weight excluding hydrogens is 671 g/mol. The molecule has 0 radical (unpaired) electrons. The molecule has 2 aromatic heterocycles. The van der Waals surface area contributed by atoms with Crippen molar-refractivity contribution in [3.8, 4) is 0 Å². The Morgan fingerprint density at radius 3 is 2.53 bits per heavy atom. The minimum absolute atomic E-state index is 0. The smallest absolute Gasteiger partial charge is 0.147 e. The molecular formula is C39H31Cl2Cr2N2. The number of benzene rings is 3. The van der Waals surface area contributed by atoms with Gasteiger partial charge in [0.05, 0.1) is 0 Å². The number of pyridine rings is 2. The Morgan fingerprint density at radius 1 is 0.867 bits per heavy atom. The van der Waals surface area contributed by atoms with Gasteiger partial charge in [-0.3, -0.25) is 0 Å². The van der Waals surface area contributed by atoms with Gasteiger partial charge in [-0.05, 0) is 0 Å². The standard InChI is InChI=1S/C23H15N.C16H14N.2ClH.2Cr/c1-15-21(14-17-8-3-5-12-23(17)24-15)20-11-6-10-19-18-9-4-2-7-16(18)13-22(19)20;1-2-7-16-13(5-1)8-9-14(16)10-11-15-6-3-4-12-17-15;;;;/h2-6,8-12,14,19H,1H3;1-8,12,14H,10-11H2;2*1H;;. The molecule has 2 nitrogen and oxygen atoms in total. The van der Waals surface area contributed by atoms with Crippen LogP contribution in [0.15, 0.2) is 125 Å². The van der Waals surface area contributed by atoms with Gasteiger partial charge in [-0.25, -0.2) is 0 Å². The number of hydrogen-bond donors (Lipinski definition) is 0. The summed E-state index contributed by atoms with van der Waals surface area (Å²) in [4.78, 5) is 9.60. The summed E-state index contributed by atoms with van der Waals surface area (Å²) in [6, 6.07) is 32.9. The van der Waals surface area contributed by atoms with E-state index in [-0.39, 0.29) is 46.0 Å². The molecule has 0 saturated carbocycles. The van der Waals surface area contributed by atoms with Crippen LogP contribution in [0, 0.1) is 6.92 Å². The van der Waals surface area contributed by atoms with Crippen molar-refractivity contribution < 1.29 is 31.5 Å². The van der Waals surface area contributed by atoms with Gasteiger partial charge in [0.15, 0.2) is 0 Å². The third-order valence-corrected chi connectivity index (χ3v) is 11.4. The third kappa shape index (κ3) is 5.71. The van der Waals surface area contributed by atoms with Crippen LogP contribution in [0.25, 0.3) is 27.0 Å². The van der Waals surface area contributed by atoms with Crippen molar-refractivity contribution in [2.24, 2.45) is 0 Å². The average Bonchev–Trinajstić information content (AvgIpc) is 3.55. The van der Waals surface area contributed by atoms with Gasteiger partial charge in [0.1, 0.15) is 0 Å². The Kier molecular flexibility index (Phi) is 9.38. The van der Waals surface area contributed by atoms with E-state index < -0.39 is 0 Å². The van der Waals surface area contributed by atoms with Crippen molar-refractivity contribution in [1.29, 1.82) is 0 Å². The van der Waals surface area contributed by atoms with Crippen LogP contribution in [0.2, 0.25) is 0 Å². The topological polar surface area (TPSA) is 25.8 Å². The third-order valence-electron chi connectivity index (χ3n) is 8.89. The van der Waals surface area contributed by atoms with E-state index in [9.17, 15) is 0 Å². The van der Waals surface area contributed by atoms with Crippen LogP contribution in [0.5, 0.6) is 0 Å². The van der Waals surface area contributed by atoms with E-state index in [4.69, 9.17) is 4.98 Å². The molecule has 3 aliphatic carbocycles. The van der Waals surface area contributed by atoms with Gasteiger partial charge in [-0.15, -0.1) is 24.8 Å². The maximum absolute atomic E-state index is 4.99. The first-order chi connectivity index (χ1) is 21.2. The molecule has 0 N–H and O–H groups in total. The number of hydrogen-bond acceptors (Lipinski definition) is 2. The fraction of sp³-hybridized carbons (Fsp3) is 0.128. The van der Waals surface area contributed by atoms with Crippen LogP contribution in [-0.4, -0.2) is 9.97 Å². The minimum Gasteiger partial charge on any atom is -0.147 e. The first kappa shape index (κ1) is 31.8. The van der Waals surface area contributed by atoms with Gasteiger partial charge < -0.3 is 0 Å². The molecule has 8 rings (SSSR count). The van der Waals surface area contributed by atoms with Gasteiger partial charge in [0, 0.05) is 0 Å². The van der Waals surface area contributed by atoms with Gasteiger partial charge >= 0.3 is 269 Å². The van der Waals surface area contributed by atoms with Crippen LogP contribution in [0.3, 0.4) is 0 Å². The summed E-state index contributed by atoms with van der Waals surface area (Å²) in [5.41, 5.74) is 12.8. The molecule has 3 aromatic carbocycles. The van der Waals surface area contributed by atoms with E-state index in [2.05, 4.69) is 137 Å². The quantitative estimate of drug-likeness (QED) is 0.176. The van der Waals surface area contributed by atoms with Crippen molar-refractivity contribution in [3.63, 3.8) is 0 Å². The van der Waals surface area contributed by atoms with Gasteiger partial charge in [0.25, 0.3) is 0 Å². The summed E-state index contributed by atoms with van der Waals surface area (Å²) in [6.07, 6.45) is 13.3. The summed E-state index contributed by atoms with van der Waals surface area (Å²) in [5, 5.41) is 1.18. The van der Waals surface area contributed by atoms with Crippen molar-refractivity contribution in [2.45, 2.75) is 31.6 Å². The van der Waals surface area contributed by atoms with E-state index in [1.54, 1.807) is 4.44 Å². The van der Waals surface area contributed by atoms with Crippen LogP contribution in [-0.2, 0) is 37.9 Å². The molecule has 45 heavy (non-hydrogen) atoms. The van der Waals surface area contributed by atoms with E-state index in [1.165, 1.54) is 58.9 Å². The molecule has 0 saturated heterocycles. The maximum atomic E-state index is 4.99. The zero-order chi connectivity index (χ0) is 28.9. The second-order valence-corrected chi connectivity index (χ2v) is 13.8. The Balaban J connectivity index is 0.00000179. The number of allylic oxidation sites excluding steroid dienone is 6. The van der Waals surface area contributed by atoms with Crippen LogP contribution >= 0.6 is 24.8 Å². The van der Waals surface area contributed by atoms with Crippen LogP contribution in [0.1, 0.15) is 57.5 Å². The Morgan fingerprint density at radius 2 is 1.67 bits per heavy atom. The first-order valence-electron chi connectivity index (χ1n) is 14.8. The average molecular weight is 703 g/mol. The first-order valence-corrected chi connectivity index (χ1v) is 16.8. The van der Waals surface area contributed by atoms with Gasteiger partial charge in [0.2, 0.25) is 0 Å². The summed E-state index contributed by atoms with van der Waals surface area (Å²) < 4.78 is 4.32. The summed E-state index contributed by atoms with van der Waals surface area (Å²) in [7, 11) is 0. The molecule has 5 aromatic rings. The number of halogens is 2. The van der Waals surface area contributed by atoms with E-state index in [0.29, 0.717) is 5.92 Å². The molecule has 0 amide bonds. The van der Waals surface area contributed by atoms with Crippen molar-refractivity contribution in [2.75, 3.05) is 0 Å². The normalized spacial score (nSPS) is 17.5. The number of para-hydroxylation sites is 1. The fourth-order valence-electron chi connectivity index (χ4n) is 6.86.